The normalized spacial score (nSPS) is 18.7. The molecule has 3 nitrogen and oxygen atoms in total. The maximum absolute atomic E-state index is 5.65. The topological polar surface area (TPSA) is 38.1 Å². The van der Waals surface area contributed by atoms with Crippen LogP contribution >= 0.6 is 11.8 Å². The van der Waals surface area contributed by atoms with Gasteiger partial charge in [0.05, 0.1) is 5.69 Å². The van der Waals surface area contributed by atoms with Gasteiger partial charge in [-0.15, -0.1) is 0 Å². The van der Waals surface area contributed by atoms with Crippen LogP contribution in [0.4, 0.5) is 0 Å². The van der Waals surface area contributed by atoms with Crippen molar-refractivity contribution in [1.29, 1.82) is 0 Å². The summed E-state index contributed by atoms with van der Waals surface area (Å²) in [5.41, 5.74) is 1.01. The summed E-state index contributed by atoms with van der Waals surface area (Å²) in [4.78, 5) is 4.46. The molecule has 1 heterocycles. The third-order valence-electron chi connectivity index (χ3n) is 4.08. The molecule has 0 amide bonds. The molecule has 1 N–H and O–H groups in total. The molecule has 1 fully saturated rings. The molecule has 4 heteroatoms. The molecule has 1 atom stereocenters. The molecule has 1 saturated carbocycles. The predicted octanol–water partition coefficient (Wildman–Crippen LogP) is 3.94. The van der Waals surface area contributed by atoms with Gasteiger partial charge in [0.15, 0.2) is 0 Å². The van der Waals surface area contributed by atoms with Crippen molar-refractivity contribution in [2.45, 2.75) is 64.1 Å². The third-order valence-corrected chi connectivity index (χ3v) is 5.03. The molecule has 1 aliphatic carbocycles. The van der Waals surface area contributed by atoms with Crippen LogP contribution in [0.25, 0.3) is 0 Å². The van der Waals surface area contributed by atoms with Gasteiger partial charge in [0, 0.05) is 11.8 Å². The van der Waals surface area contributed by atoms with Gasteiger partial charge < -0.3 is 9.73 Å². The minimum atomic E-state index is 0.600. The van der Waals surface area contributed by atoms with Gasteiger partial charge in [0.2, 0.25) is 0 Å². The van der Waals surface area contributed by atoms with E-state index in [0.717, 1.165) is 34.9 Å². The Hall–Kier alpha value is -0.480. The first kappa shape index (κ1) is 14.9. The van der Waals surface area contributed by atoms with E-state index < -0.39 is 0 Å². The van der Waals surface area contributed by atoms with Crippen LogP contribution in [0.3, 0.4) is 0 Å². The second-order valence-corrected chi connectivity index (χ2v) is 6.47. The summed E-state index contributed by atoms with van der Waals surface area (Å²) in [5, 5.41) is 4.48. The summed E-state index contributed by atoms with van der Waals surface area (Å²) < 4.78 is 5.65. The van der Waals surface area contributed by atoms with E-state index in [0.29, 0.717) is 6.04 Å². The van der Waals surface area contributed by atoms with Crippen LogP contribution in [0.5, 0.6) is 0 Å². The number of aromatic nitrogens is 1. The molecular weight excluding hydrogens is 256 g/mol. The highest BCUT2D eigenvalue weighted by atomic mass is 32.2. The van der Waals surface area contributed by atoms with Gasteiger partial charge in [-0.1, -0.05) is 37.9 Å². The van der Waals surface area contributed by atoms with Crippen molar-refractivity contribution in [3.63, 3.8) is 0 Å². The fraction of sp³-hybridized carbons (Fsp3) is 0.800. The van der Waals surface area contributed by atoms with Crippen LogP contribution in [0.15, 0.2) is 9.64 Å². The first-order valence-corrected chi connectivity index (χ1v) is 8.49. The molecule has 0 aromatic carbocycles. The Morgan fingerprint density at radius 2 is 2.05 bits per heavy atom. The summed E-state index contributed by atoms with van der Waals surface area (Å²) in [7, 11) is 0. The number of hydrogen-bond acceptors (Lipinski definition) is 4. The van der Waals surface area contributed by atoms with Gasteiger partial charge >= 0.3 is 0 Å². The molecule has 1 aliphatic rings. The molecule has 0 bridgehead atoms. The van der Waals surface area contributed by atoms with Crippen LogP contribution in [0, 0.1) is 19.8 Å². The Bertz CT molecular complexity index is 366. The van der Waals surface area contributed by atoms with Crippen LogP contribution in [0.2, 0.25) is 0 Å². The van der Waals surface area contributed by atoms with E-state index in [9.17, 15) is 0 Å². The minimum Gasteiger partial charge on any atom is -0.437 e. The lowest BCUT2D eigenvalue weighted by Crippen LogP contribution is -2.39. The summed E-state index contributed by atoms with van der Waals surface area (Å²) >= 11 is 1.76. The maximum Gasteiger partial charge on any atom is 0.256 e. The van der Waals surface area contributed by atoms with Gasteiger partial charge in [-0.05, 0) is 39.2 Å². The lowest BCUT2D eigenvalue weighted by molar-refractivity contribution is 0.287. The monoisotopic (exact) mass is 282 g/mol. The standard InChI is InChI=1S/C15H26N2OS/c1-4-16-14(13-8-6-5-7-9-13)10-19-15-17-11(2)12(3)18-15/h13-14,16H,4-10H2,1-3H3. The van der Waals surface area contributed by atoms with Crippen molar-refractivity contribution >= 4 is 11.8 Å². The number of nitrogens with one attached hydrogen (secondary N) is 1. The largest absolute Gasteiger partial charge is 0.437 e. The highest BCUT2D eigenvalue weighted by Gasteiger charge is 2.23. The minimum absolute atomic E-state index is 0.600. The highest BCUT2D eigenvalue weighted by molar-refractivity contribution is 7.99. The van der Waals surface area contributed by atoms with Crippen molar-refractivity contribution < 1.29 is 4.42 Å². The fourth-order valence-electron chi connectivity index (χ4n) is 2.83. The van der Waals surface area contributed by atoms with Crippen LogP contribution in [0.1, 0.15) is 50.5 Å². The second kappa shape index (κ2) is 7.34. The average Bonchev–Trinajstić information content (AvgIpc) is 2.75. The SMILES string of the molecule is CCNC(CSc1nc(C)c(C)o1)C1CCCCC1. The molecule has 0 spiro atoms. The maximum atomic E-state index is 5.65. The van der Waals surface area contributed by atoms with E-state index in [4.69, 9.17) is 4.42 Å². The van der Waals surface area contributed by atoms with Gasteiger partial charge in [-0.25, -0.2) is 4.98 Å². The predicted molar refractivity (Wildman–Crippen MR) is 80.7 cm³/mol. The van der Waals surface area contributed by atoms with Crippen LogP contribution in [-0.2, 0) is 0 Å². The summed E-state index contributed by atoms with van der Waals surface area (Å²) in [6.45, 7) is 7.23. The van der Waals surface area contributed by atoms with Crippen molar-refractivity contribution in [1.82, 2.24) is 10.3 Å². The summed E-state index contributed by atoms with van der Waals surface area (Å²) in [6.07, 6.45) is 6.97. The number of hydrogen-bond donors (Lipinski definition) is 1. The molecule has 0 saturated heterocycles. The molecule has 1 unspecified atom stereocenters. The summed E-state index contributed by atoms with van der Waals surface area (Å²) in [5.74, 6) is 2.84. The highest BCUT2D eigenvalue weighted by Crippen LogP contribution is 2.30. The lowest BCUT2D eigenvalue weighted by atomic mass is 9.84. The van der Waals surface area contributed by atoms with Gasteiger partial charge in [-0.2, -0.15) is 0 Å². The molecule has 0 radical (unpaired) electrons. The Morgan fingerprint density at radius 3 is 2.63 bits per heavy atom. The molecule has 2 rings (SSSR count). The Labute approximate surface area is 120 Å². The smallest absolute Gasteiger partial charge is 0.256 e. The molecule has 0 aliphatic heterocycles. The molecule has 19 heavy (non-hydrogen) atoms. The zero-order valence-corrected chi connectivity index (χ0v) is 13.2. The molecule has 1 aromatic rings. The van der Waals surface area contributed by atoms with E-state index in [1.165, 1.54) is 32.1 Å². The second-order valence-electron chi connectivity index (χ2n) is 5.49. The third kappa shape index (κ3) is 4.25. The van der Waals surface area contributed by atoms with Gasteiger partial charge in [0.1, 0.15) is 5.76 Å². The van der Waals surface area contributed by atoms with Crippen molar-refractivity contribution in [2.75, 3.05) is 12.3 Å². The van der Waals surface area contributed by atoms with E-state index in [2.05, 4.69) is 17.2 Å². The van der Waals surface area contributed by atoms with E-state index >= 15 is 0 Å². The van der Waals surface area contributed by atoms with Gasteiger partial charge in [0.25, 0.3) is 5.22 Å². The Balaban J connectivity index is 1.88. The fourth-order valence-corrected chi connectivity index (χ4v) is 3.92. The van der Waals surface area contributed by atoms with Crippen molar-refractivity contribution in [3.05, 3.63) is 11.5 Å². The number of oxazole rings is 1. The van der Waals surface area contributed by atoms with Crippen molar-refractivity contribution in [3.8, 4) is 0 Å². The molecule has 1 aromatic heterocycles. The molecule has 108 valence electrons. The first-order valence-electron chi connectivity index (χ1n) is 7.51. The summed E-state index contributed by atoms with van der Waals surface area (Å²) in [6, 6.07) is 0.600. The Kier molecular flexibility index (Phi) is 5.76. The number of aryl methyl sites for hydroxylation is 2. The van der Waals surface area contributed by atoms with E-state index in [1.807, 2.05) is 13.8 Å². The number of nitrogens with zero attached hydrogens (tertiary/aromatic N) is 1. The van der Waals surface area contributed by atoms with Crippen LogP contribution in [-0.4, -0.2) is 23.3 Å². The number of thioether (sulfide) groups is 1. The van der Waals surface area contributed by atoms with E-state index in [-0.39, 0.29) is 0 Å². The lowest BCUT2D eigenvalue weighted by Gasteiger charge is -2.30. The average molecular weight is 282 g/mol. The first-order chi connectivity index (χ1) is 9.20. The Morgan fingerprint density at radius 1 is 1.32 bits per heavy atom. The van der Waals surface area contributed by atoms with Crippen molar-refractivity contribution in [2.24, 2.45) is 5.92 Å². The zero-order valence-electron chi connectivity index (χ0n) is 12.4. The number of rotatable bonds is 6. The molecular formula is C15H26N2OS. The zero-order chi connectivity index (χ0) is 13.7. The van der Waals surface area contributed by atoms with Crippen LogP contribution < -0.4 is 5.32 Å². The quantitative estimate of drug-likeness (QED) is 0.802. The van der Waals surface area contributed by atoms with E-state index in [1.54, 1.807) is 11.8 Å². The van der Waals surface area contributed by atoms with Gasteiger partial charge in [-0.3, -0.25) is 0 Å².